The van der Waals surface area contributed by atoms with E-state index in [9.17, 15) is 38.7 Å². The molecule has 0 aliphatic carbocycles. The molecule has 730 valence electrons. The number of amides is 2. The third kappa shape index (κ3) is 30.3. The monoisotopic (exact) mass is 1980 g/mol. The summed E-state index contributed by atoms with van der Waals surface area (Å²) in [7, 11) is 8.51. The second-order valence-electron chi connectivity index (χ2n) is 39.6. The van der Waals surface area contributed by atoms with Gasteiger partial charge in [-0.1, -0.05) is 92.5 Å². The van der Waals surface area contributed by atoms with Crippen molar-refractivity contribution in [3.8, 4) is 44.5 Å². The van der Waals surface area contributed by atoms with Crippen molar-refractivity contribution in [2.75, 3.05) is 78.5 Å². The minimum absolute atomic E-state index is 0.00951. The molecule has 0 saturated carbocycles. The summed E-state index contributed by atoms with van der Waals surface area (Å²) in [5.41, 5.74) is 30.2. The molecule has 0 atom stereocenters. The van der Waals surface area contributed by atoms with Crippen molar-refractivity contribution in [2.45, 2.75) is 227 Å². The van der Waals surface area contributed by atoms with Gasteiger partial charge in [0.1, 0.15) is 11.2 Å². The molecule has 4 aliphatic heterocycles. The van der Waals surface area contributed by atoms with E-state index in [1.807, 2.05) is 205 Å². The van der Waals surface area contributed by atoms with Crippen molar-refractivity contribution in [1.29, 1.82) is 0 Å². The van der Waals surface area contributed by atoms with Crippen LogP contribution in [0.4, 0.5) is 9.59 Å². The Kier molecular flexibility index (Phi) is 39.2. The van der Waals surface area contributed by atoms with E-state index in [1.165, 1.54) is 66.8 Å². The molecule has 0 spiro atoms. The molecule has 4 aliphatic rings. The maximum Gasteiger partial charge on any atom is 0.496 e. The third-order valence-electron chi connectivity index (χ3n) is 25.2. The van der Waals surface area contributed by atoms with Crippen molar-refractivity contribution in [3.63, 3.8) is 0 Å². The largest absolute Gasteiger partial charge is 0.496 e. The van der Waals surface area contributed by atoms with Crippen molar-refractivity contribution in [3.05, 3.63) is 289 Å². The number of halogens is 2. The summed E-state index contributed by atoms with van der Waals surface area (Å²) in [6.45, 7) is 62.2. The van der Waals surface area contributed by atoms with E-state index in [-0.39, 0.29) is 70.0 Å². The lowest BCUT2D eigenvalue weighted by atomic mass is 9.80. The number of ether oxygens (including phenoxy) is 2. The van der Waals surface area contributed by atoms with Crippen molar-refractivity contribution >= 4 is 56.6 Å². The van der Waals surface area contributed by atoms with Crippen LogP contribution in [0.25, 0.3) is 44.5 Å². The van der Waals surface area contributed by atoms with Crippen LogP contribution < -0.4 is 43.9 Å². The zero-order valence-electron chi connectivity index (χ0n) is 85.8. The Morgan fingerprint density at radius 3 is 0.956 bits per heavy atom. The lowest BCUT2D eigenvalue weighted by molar-refractivity contribution is 0.00578. The summed E-state index contributed by atoms with van der Waals surface area (Å²) >= 11 is 6.94. The molecule has 4 N–H and O–H groups in total. The van der Waals surface area contributed by atoms with Crippen LogP contribution in [0.2, 0.25) is 0 Å². The fourth-order valence-electron chi connectivity index (χ4n) is 16.5. The number of aliphatic hydroxyl groups excluding tert-OH is 2. The highest BCUT2D eigenvalue weighted by Gasteiger charge is 2.52. The second kappa shape index (κ2) is 47.9. The molecule has 5 aromatic heterocycles. The highest BCUT2D eigenvalue weighted by atomic mass is 79.9. The molecule has 10 aromatic rings. The Bertz CT molecular complexity index is 5920. The fourth-order valence-corrected chi connectivity index (χ4v) is 17.5. The predicted octanol–water partition coefficient (Wildman–Crippen LogP) is 17.1. The molecule has 24 nitrogen and oxygen atoms in total. The average Bonchev–Trinajstić information content (AvgIpc) is 1.67. The number of aromatic nitrogens is 5. The zero-order chi connectivity index (χ0) is 101. The summed E-state index contributed by atoms with van der Waals surface area (Å²) < 4.78 is 31.9. The highest BCUT2D eigenvalue weighted by Crippen LogP contribution is 2.38. The van der Waals surface area contributed by atoms with Crippen LogP contribution in [0.3, 0.4) is 0 Å². The standard InChI is InChI=1S/C25H35N3O3.C20H27N3O.C16H18BrNO.C16H19NO2.C13H20BNO3.C9H11BrO.C9H18N2O2/c1-17-14-22(21-13-19(3)23(29)26(7)15-21)18(2)12-20(17)16-27-8-10-28(11-9-27)24(30)31-25(4,5)6;1-14-11-19(18-10-16(3)20(24)22(4)12-18)15(2)9-17(14)13-23-7-5-21-6-8-23;1-10-7-15(11(2)5-13(10)8-17)14-6-12(3)16(19)18(4)9-14;1-10-7-15(11(2)5-14(10)9-18)13-6-12(3)16(19)17(4)8-13;1-9-7-10(8-15(6)11(9)16)14-17-12(2,3)13(4,5)18-14;1-6-4-9(10)7(2)3-8(6)5-11;1-9(2,3)13-8(12)11-6-4-10-5-7-11/h12-15H,8-11,16H2,1-7H3;9-12,21H,5-8,13H2,1-4H3;5-7,9H,8H2,1-4H3;5-8,18H,9H2,1-4H3;7-8H,1-6H3;3-4,11H,5H2,1-2H3;10H,4-7H2,1-3H3. The van der Waals surface area contributed by atoms with Gasteiger partial charge in [-0.15, -0.1) is 0 Å². The number of carbonyl (C=O) groups excluding carboxylic acids is 2. The van der Waals surface area contributed by atoms with E-state index in [4.69, 9.17) is 23.9 Å². The maximum atomic E-state index is 12.3. The number of pyridine rings is 5. The van der Waals surface area contributed by atoms with E-state index < -0.39 is 12.7 Å². The second-order valence-corrected chi connectivity index (χ2v) is 41.0. The Labute approximate surface area is 817 Å². The number of hydrogen-bond donors (Lipinski definition) is 4. The fraction of sp³-hybridized carbons (Fsp3) is 0.472. The molecule has 4 saturated heterocycles. The molecule has 27 heteroatoms. The molecule has 14 rings (SSSR count). The minimum atomic E-state index is -0.464. The van der Waals surface area contributed by atoms with E-state index in [2.05, 4.69) is 136 Å². The van der Waals surface area contributed by atoms with Gasteiger partial charge in [0.15, 0.2) is 0 Å². The minimum Gasteiger partial charge on any atom is -0.444 e. The van der Waals surface area contributed by atoms with Crippen molar-refractivity contribution in [1.82, 2.24) is 53.1 Å². The van der Waals surface area contributed by atoms with Gasteiger partial charge in [-0.3, -0.25) is 33.8 Å². The summed E-state index contributed by atoms with van der Waals surface area (Å²) in [6.07, 6.45) is 8.96. The van der Waals surface area contributed by atoms with Gasteiger partial charge in [0, 0.05) is 195 Å². The number of alkyl halides is 1. The molecular formula is C108H148BBr2N11O13. The Morgan fingerprint density at radius 1 is 0.363 bits per heavy atom. The van der Waals surface area contributed by atoms with Gasteiger partial charge >= 0.3 is 19.3 Å². The summed E-state index contributed by atoms with van der Waals surface area (Å²) in [5.74, 6) is 0. The summed E-state index contributed by atoms with van der Waals surface area (Å²) in [5, 5.41) is 25.7. The quantitative estimate of drug-likeness (QED) is 0.0655. The topological polar surface area (TPSA) is 259 Å². The molecule has 4 fully saturated rings. The number of benzene rings is 5. The van der Waals surface area contributed by atoms with E-state index in [1.54, 1.807) is 73.9 Å². The van der Waals surface area contributed by atoms with Crippen LogP contribution in [0, 0.1) is 104 Å². The van der Waals surface area contributed by atoms with Gasteiger partial charge < -0.3 is 72.3 Å². The first kappa shape index (κ1) is 110. The van der Waals surface area contributed by atoms with Crippen molar-refractivity contribution in [2.24, 2.45) is 35.2 Å². The number of aliphatic hydroxyl groups is 2. The van der Waals surface area contributed by atoms with Gasteiger partial charge in [0.2, 0.25) is 0 Å². The number of piperazine rings is 3. The summed E-state index contributed by atoms with van der Waals surface area (Å²) in [6, 6.07) is 31.3. The smallest absolute Gasteiger partial charge is 0.444 e. The van der Waals surface area contributed by atoms with Crippen LogP contribution in [0.1, 0.15) is 181 Å². The number of aryl methyl sites for hydroxylation is 20. The van der Waals surface area contributed by atoms with Gasteiger partial charge in [-0.05, 0) is 337 Å². The molecule has 0 bridgehead atoms. The number of hydrogen-bond acceptors (Lipinski definition) is 17. The maximum absolute atomic E-state index is 12.3. The number of rotatable bonds is 12. The molecule has 135 heavy (non-hydrogen) atoms. The molecule has 2 amide bonds. The molecule has 5 aromatic carbocycles. The first-order valence-electron chi connectivity index (χ1n) is 46.5. The Hall–Kier alpha value is -9.91. The zero-order valence-corrected chi connectivity index (χ0v) is 89.0. The first-order valence-corrected chi connectivity index (χ1v) is 48.5. The Morgan fingerprint density at radius 2 is 0.637 bits per heavy atom. The molecule has 0 unspecified atom stereocenters. The van der Waals surface area contributed by atoms with Crippen LogP contribution in [-0.4, -0.2) is 173 Å². The van der Waals surface area contributed by atoms with Gasteiger partial charge in [-0.25, -0.2) is 9.59 Å². The van der Waals surface area contributed by atoms with Gasteiger partial charge in [0.05, 0.1) is 24.4 Å². The lowest BCUT2D eigenvalue weighted by Crippen LogP contribution is -2.49. The highest BCUT2D eigenvalue weighted by molar-refractivity contribution is 9.10. The Balaban J connectivity index is 0.000000198. The molecule has 0 radical (unpaired) electrons. The summed E-state index contributed by atoms with van der Waals surface area (Å²) in [4.78, 5) is 91.3. The molecular weight excluding hydrogens is 1830 g/mol. The lowest BCUT2D eigenvalue weighted by Gasteiger charge is -2.35. The predicted molar refractivity (Wildman–Crippen MR) is 557 cm³/mol. The van der Waals surface area contributed by atoms with Crippen LogP contribution in [0.5, 0.6) is 0 Å². The third-order valence-corrected chi connectivity index (χ3v) is 26.7. The van der Waals surface area contributed by atoms with E-state index in [0.717, 1.165) is 177 Å². The van der Waals surface area contributed by atoms with Crippen LogP contribution in [0.15, 0.2) is 150 Å². The number of carbonyl (C=O) groups is 2. The first-order chi connectivity index (χ1) is 63.0. The van der Waals surface area contributed by atoms with Gasteiger partial charge in [0.25, 0.3) is 27.8 Å². The van der Waals surface area contributed by atoms with Gasteiger partial charge in [-0.2, -0.15) is 0 Å². The average molecular weight is 1980 g/mol. The molecule has 9 heterocycles. The number of nitrogens with zero attached hydrogens (tertiary/aromatic N) is 9. The van der Waals surface area contributed by atoms with Crippen LogP contribution in [-0.2, 0) is 85.7 Å². The van der Waals surface area contributed by atoms with E-state index >= 15 is 0 Å². The van der Waals surface area contributed by atoms with Crippen LogP contribution >= 0.6 is 31.9 Å². The van der Waals surface area contributed by atoms with E-state index in [0.29, 0.717) is 18.7 Å². The number of nitrogens with one attached hydrogen (secondary N) is 2. The SMILES string of the molecule is CC(C)(C)OC(=O)N1CCNCC1.Cc1cc(-c2cc(C)c(=O)n(C)c2)c(C)cc1CBr.Cc1cc(-c2cc(C)c(=O)n(C)c2)c(C)cc1CN1CCN(C(=O)OC(C)(C)C)CC1.Cc1cc(-c2cc(C)c(=O)n(C)c2)c(C)cc1CN1CCNCC1.Cc1cc(-c2cc(C)c(=O)n(C)c2)c(C)cc1CO.Cc1cc(B2OC(C)(C)C(C)(C)O2)cn(C)c1=O.Cc1cc(CO)c(C)cc1Br. The van der Waals surface area contributed by atoms with Crippen molar-refractivity contribution < 1.29 is 38.6 Å². The normalized spacial score (nSPS) is 14.8.